The van der Waals surface area contributed by atoms with E-state index >= 15 is 0 Å². The second kappa shape index (κ2) is 5.25. The van der Waals surface area contributed by atoms with Crippen LogP contribution in [-0.4, -0.2) is 52.9 Å². The average molecular weight is 260 g/mol. The summed E-state index contributed by atoms with van der Waals surface area (Å²) in [5, 5.41) is 0. The topological polar surface area (TPSA) is 49.3 Å². The predicted molar refractivity (Wildman–Crippen MR) is 73.4 cm³/mol. The number of rotatable bonds is 2. The molecule has 3 rings (SSSR count). The molecule has 3 heterocycles. The molecule has 0 N–H and O–H groups in total. The summed E-state index contributed by atoms with van der Waals surface area (Å²) in [5.74, 6) is 0.753. The molecule has 2 unspecified atom stereocenters. The Morgan fingerprint density at radius 3 is 2.79 bits per heavy atom. The number of hydrogen-bond acceptors (Lipinski definition) is 5. The molecule has 2 saturated heterocycles. The van der Waals surface area contributed by atoms with Gasteiger partial charge in [0.1, 0.15) is 0 Å². The van der Waals surface area contributed by atoms with Crippen LogP contribution in [0.25, 0.3) is 0 Å². The van der Waals surface area contributed by atoms with Gasteiger partial charge in [-0.05, 0) is 26.3 Å². The van der Waals surface area contributed by atoms with Crippen molar-refractivity contribution in [3.8, 4) is 0 Å². The SMILES string of the molecule is CC1CN2CCCCC2CN1c1ncc(C=O)cn1. The van der Waals surface area contributed by atoms with Crippen molar-refractivity contribution < 1.29 is 4.79 Å². The van der Waals surface area contributed by atoms with E-state index in [2.05, 4.69) is 26.7 Å². The van der Waals surface area contributed by atoms with Gasteiger partial charge < -0.3 is 4.90 Å². The van der Waals surface area contributed by atoms with Crippen LogP contribution >= 0.6 is 0 Å². The van der Waals surface area contributed by atoms with E-state index in [0.29, 0.717) is 17.6 Å². The molecule has 0 amide bonds. The van der Waals surface area contributed by atoms with Crippen molar-refractivity contribution in [2.45, 2.75) is 38.3 Å². The number of carbonyl (C=O) groups excluding carboxylic acids is 1. The van der Waals surface area contributed by atoms with Gasteiger partial charge in [-0.1, -0.05) is 6.42 Å². The fourth-order valence-corrected chi connectivity index (χ4v) is 3.17. The van der Waals surface area contributed by atoms with E-state index in [1.165, 1.54) is 25.8 Å². The molecule has 0 radical (unpaired) electrons. The Morgan fingerprint density at radius 2 is 2.05 bits per heavy atom. The first-order valence-corrected chi connectivity index (χ1v) is 7.06. The number of aldehydes is 1. The van der Waals surface area contributed by atoms with Gasteiger partial charge >= 0.3 is 0 Å². The zero-order valence-corrected chi connectivity index (χ0v) is 11.3. The highest BCUT2D eigenvalue weighted by atomic mass is 16.1. The van der Waals surface area contributed by atoms with Gasteiger partial charge in [0.15, 0.2) is 6.29 Å². The standard InChI is InChI=1S/C14H20N4O/c1-11-8-17-5-3-2-4-13(17)9-18(11)14-15-6-12(10-19)7-16-14/h6-7,10-11,13H,2-5,8-9H2,1H3. The van der Waals surface area contributed by atoms with E-state index in [9.17, 15) is 4.79 Å². The van der Waals surface area contributed by atoms with E-state index in [1.54, 1.807) is 12.4 Å². The monoisotopic (exact) mass is 260 g/mol. The van der Waals surface area contributed by atoms with Gasteiger partial charge in [-0.3, -0.25) is 9.69 Å². The van der Waals surface area contributed by atoms with Crippen molar-refractivity contribution in [3.63, 3.8) is 0 Å². The number of anilines is 1. The first-order chi connectivity index (χ1) is 9.28. The molecule has 0 bridgehead atoms. The van der Waals surface area contributed by atoms with E-state index in [0.717, 1.165) is 25.3 Å². The predicted octanol–water partition coefficient (Wildman–Crippen LogP) is 1.35. The average Bonchev–Trinajstić information content (AvgIpc) is 2.47. The molecule has 1 aromatic heterocycles. The van der Waals surface area contributed by atoms with Crippen LogP contribution in [0.3, 0.4) is 0 Å². The van der Waals surface area contributed by atoms with Crippen molar-refractivity contribution in [2.24, 2.45) is 0 Å². The number of piperazine rings is 1. The molecule has 5 nitrogen and oxygen atoms in total. The van der Waals surface area contributed by atoms with Gasteiger partial charge in [0.25, 0.3) is 0 Å². The molecule has 0 aromatic carbocycles. The van der Waals surface area contributed by atoms with Gasteiger partial charge in [0.05, 0.1) is 5.56 Å². The zero-order valence-electron chi connectivity index (χ0n) is 11.3. The minimum atomic E-state index is 0.427. The van der Waals surface area contributed by atoms with E-state index in [1.807, 2.05) is 0 Å². The molecule has 0 spiro atoms. The third kappa shape index (κ3) is 2.47. The first kappa shape index (κ1) is 12.5. The molecule has 2 fully saturated rings. The smallest absolute Gasteiger partial charge is 0.225 e. The highest BCUT2D eigenvalue weighted by Gasteiger charge is 2.33. The van der Waals surface area contributed by atoms with Crippen molar-refractivity contribution in [2.75, 3.05) is 24.5 Å². The highest BCUT2D eigenvalue weighted by molar-refractivity contribution is 5.73. The Balaban J connectivity index is 1.77. The van der Waals surface area contributed by atoms with Crippen LogP contribution < -0.4 is 4.90 Å². The number of aromatic nitrogens is 2. The normalized spacial score (nSPS) is 27.9. The summed E-state index contributed by atoms with van der Waals surface area (Å²) >= 11 is 0. The van der Waals surface area contributed by atoms with E-state index in [-0.39, 0.29) is 0 Å². The van der Waals surface area contributed by atoms with Crippen LogP contribution in [0.2, 0.25) is 0 Å². The second-order valence-electron chi connectivity index (χ2n) is 5.58. The number of fused-ring (bicyclic) bond motifs is 1. The van der Waals surface area contributed by atoms with Gasteiger partial charge in [-0.15, -0.1) is 0 Å². The van der Waals surface area contributed by atoms with Gasteiger partial charge in [-0.2, -0.15) is 0 Å². The molecule has 19 heavy (non-hydrogen) atoms. The summed E-state index contributed by atoms with van der Waals surface area (Å²) in [6.07, 6.45) is 7.93. The van der Waals surface area contributed by atoms with Crippen molar-refractivity contribution in [1.29, 1.82) is 0 Å². The molecular formula is C14H20N4O. The Bertz CT molecular complexity index is 447. The largest absolute Gasteiger partial charge is 0.335 e. The highest BCUT2D eigenvalue weighted by Crippen LogP contribution is 2.26. The number of hydrogen-bond donors (Lipinski definition) is 0. The fraction of sp³-hybridized carbons (Fsp3) is 0.643. The second-order valence-corrected chi connectivity index (χ2v) is 5.58. The minimum Gasteiger partial charge on any atom is -0.335 e. The quantitative estimate of drug-likeness (QED) is 0.751. The summed E-state index contributed by atoms with van der Waals surface area (Å²) in [4.78, 5) is 24.2. The molecule has 0 aliphatic carbocycles. The van der Waals surface area contributed by atoms with Crippen molar-refractivity contribution >= 4 is 12.2 Å². The van der Waals surface area contributed by atoms with E-state index in [4.69, 9.17) is 0 Å². The maximum atomic E-state index is 10.6. The molecule has 2 atom stereocenters. The number of nitrogens with zero attached hydrogens (tertiary/aromatic N) is 4. The van der Waals surface area contributed by atoms with Crippen molar-refractivity contribution in [3.05, 3.63) is 18.0 Å². The third-order valence-electron chi connectivity index (χ3n) is 4.24. The zero-order chi connectivity index (χ0) is 13.2. The fourth-order valence-electron chi connectivity index (χ4n) is 3.17. The molecule has 5 heteroatoms. The van der Waals surface area contributed by atoms with Crippen LogP contribution in [0.15, 0.2) is 12.4 Å². The van der Waals surface area contributed by atoms with Gasteiger partial charge in [0.2, 0.25) is 5.95 Å². The summed E-state index contributed by atoms with van der Waals surface area (Å²) < 4.78 is 0. The summed E-state index contributed by atoms with van der Waals surface area (Å²) in [6.45, 7) is 5.54. The van der Waals surface area contributed by atoms with Crippen LogP contribution in [0.5, 0.6) is 0 Å². The van der Waals surface area contributed by atoms with E-state index < -0.39 is 0 Å². The molecule has 102 valence electrons. The van der Waals surface area contributed by atoms with Gasteiger partial charge in [-0.25, -0.2) is 9.97 Å². The number of carbonyl (C=O) groups is 1. The maximum Gasteiger partial charge on any atom is 0.225 e. The lowest BCUT2D eigenvalue weighted by atomic mass is 9.97. The Kier molecular flexibility index (Phi) is 3.46. The lowest BCUT2D eigenvalue weighted by molar-refractivity contribution is 0.112. The van der Waals surface area contributed by atoms with Crippen LogP contribution in [0.4, 0.5) is 5.95 Å². The Labute approximate surface area is 113 Å². The molecule has 2 aliphatic rings. The Morgan fingerprint density at radius 1 is 1.26 bits per heavy atom. The Hall–Kier alpha value is -1.49. The maximum absolute atomic E-state index is 10.6. The molecule has 2 aliphatic heterocycles. The third-order valence-corrected chi connectivity index (χ3v) is 4.24. The van der Waals surface area contributed by atoms with Crippen LogP contribution in [0, 0.1) is 0 Å². The summed E-state index contributed by atoms with van der Waals surface area (Å²) in [7, 11) is 0. The molecule has 1 aromatic rings. The lowest BCUT2D eigenvalue weighted by Crippen LogP contribution is -2.59. The van der Waals surface area contributed by atoms with Gasteiger partial charge in [0, 0.05) is 37.6 Å². The van der Waals surface area contributed by atoms with Crippen LogP contribution in [-0.2, 0) is 0 Å². The minimum absolute atomic E-state index is 0.427. The molecule has 0 saturated carbocycles. The molecular weight excluding hydrogens is 240 g/mol. The van der Waals surface area contributed by atoms with Crippen LogP contribution in [0.1, 0.15) is 36.5 Å². The lowest BCUT2D eigenvalue weighted by Gasteiger charge is -2.47. The van der Waals surface area contributed by atoms with Crippen molar-refractivity contribution in [1.82, 2.24) is 14.9 Å². The first-order valence-electron chi connectivity index (χ1n) is 7.06. The number of piperidine rings is 1. The summed E-state index contributed by atoms with van der Waals surface area (Å²) in [6, 6.07) is 1.07. The summed E-state index contributed by atoms with van der Waals surface area (Å²) in [5.41, 5.74) is 0.535.